The van der Waals surface area contributed by atoms with Gasteiger partial charge >= 0.3 is 5.97 Å². The molecule has 1 fully saturated rings. The highest BCUT2D eigenvalue weighted by Crippen LogP contribution is 2.28. The molecular weight excluding hydrogens is 442 g/mol. The first-order valence-electron chi connectivity index (χ1n) is 8.14. The van der Waals surface area contributed by atoms with Gasteiger partial charge in [-0.15, -0.1) is 0 Å². The first-order valence-corrected chi connectivity index (χ1v) is 9.73. The van der Waals surface area contributed by atoms with Crippen LogP contribution in [0.3, 0.4) is 0 Å². The first-order chi connectivity index (χ1) is 11.5. The van der Waals surface area contributed by atoms with Crippen molar-refractivity contribution in [3.05, 3.63) is 27.1 Å². The van der Waals surface area contributed by atoms with Crippen LogP contribution in [-0.2, 0) is 9.53 Å². The quantitative estimate of drug-likeness (QED) is 0.627. The van der Waals surface area contributed by atoms with Crippen molar-refractivity contribution in [1.29, 1.82) is 0 Å². The van der Waals surface area contributed by atoms with Gasteiger partial charge in [-0.3, -0.25) is 4.79 Å². The van der Waals surface area contributed by atoms with Crippen molar-refractivity contribution in [1.82, 2.24) is 4.90 Å². The number of aliphatic hydroxyl groups excluding tert-OH is 1. The summed E-state index contributed by atoms with van der Waals surface area (Å²) in [6.45, 7) is 4.63. The number of ether oxygens (including phenoxy) is 2. The van der Waals surface area contributed by atoms with E-state index in [-0.39, 0.29) is 18.5 Å². The topological polar surface area (TPSA) is 59.0 Å². The lowest BCUT2D eigenvalue weighted by molar-refractivity contribution is -0.149. The van der Waals surface area contributed by atoms with Gasteiger partial charge in [-0.2, -0.15) is 0 Å². The van der Waals surface area contributed by atoms with E-state index < -0.39 is 6.10 Å². The van der Waals surface area contributed by atoms with Gasteiger partial charge in [-0.25, -0.2) is 0 Å². The van der Waals surface area contributed by atoms with E-state index in [4.69, 9.17) is 9.47 Å². The number of likely N-dealkylation sites (tertiary alicyclic amines) is 1. The fourth-order valence-corrected chi connectivity index (χ4v) is 3.90. The van der Waals surface area contributed by atoms with E-state index in [0.29, 0.717) is 18.9 Å². The zero-order chi connectivity index (χ0) is 17.5. The normalized spacial score (nSPS) is 17.5. The largest absolute Gasteiger partial charge is 0.490 e. The Hall–Kier alpha value is -0.630. The van der Waals surface area contributed by atoms with Gasteiger partial charge in [0, 0.05) is 11.0 Å². The van der Waals surface area contributed by atoms with E-state index in [1.54, 1.807) is 0 Å². The molecule has 1 N–H and O–H groups in total. The number of halogens is 2. The van der Waals surface area contributed by atoms with E-state index in [2.05, 4.69) is 36.8 Å². The summed E-state index contributed by atoms with van der Waals surface area (Å²) in [6, 6.07) is 5.65. The van der Waals surface area contributed by atoms with Crippen LogP contribution in [0.1, 0.15) is 19.8 Å². The number of carbonyl (C=O) groups excluding carboxylic acids is 1. The van der Waals surface area contributed by atoms with Crippen molar-refractivity contribution in [2.24, 2.45) is 5.92 Å². The maximum atomic E-state index is 11.7. The van der Waals surface area contributed by atoms with Crippen LogP contribution in [0.2, 0.25) is 0 Å². The SMILES string of the molecule is CCOC(=O)C1CCN(CC(O)COc2ccc(Br)cc2Br)CC1. The average molecular weight is 465 g/mol. The third kappa shape index (κ3) is 6.02. The lowest BCUT2D eigenvalue weighted by atomic mass is 9.97. The first kappa shape index (κ1) is 19.7. The molecule has 1 aliphatic rings. The van der Waals surface area contributed by atoms with E-state index in [9.17, 15) is 9.90 Å². The number of esters is 1. The molecule has 1 unspecified atom stereocenters. The van der Waals surface area contributed by atoms with Gasteiger partial charge in [-0.1, -0.05) is 15.9 Å². The molecule has 5 nitrogen and oxygen atoms in total. The molecule has 1 saturated heterocycles. The maximum absolute atomic E-state index is 11.7. The third-order valence-corrected chi connectivity index (χ3v) is 5.11. The molecule has 134 valence electrons. The Morgan fingerprint density at radius 2 is 2.08 bits per heavy atom. The number of aliphatic hydroxyl groups is 1. The highest BCUT2D eigenvalue weighted by Gasteiger charge is 2.26. The van der Waals surface area contributed by atoms with Crippen molar-refractivity contribution in [2.75, 3.05) is 32.8 Å². The molecule has 0 aliphatic carbocycles. The summed E-state index contributed by atoms with van der Waals surface area (Å²) in [5.74, 6) is 0.604. The molecule has 1 aliphatic heterocycles. The smallest absolute Gasteiger partial charge is 0.309 e. The fraction of sp³-hybridized carbons (Fsp3) is 0.588. The van der Waals surface area contributed by atoms with Crippen molar-refractivity contribution < 1.29 is 19.4 Å². The van der Waals surface area contributed by atoms with E-state index in [1.807, 2.05) is 25.1 Å². The van der Waals surface area contributed by atoms with Crippen molar-refractivity contribution in [3.8, 4) is 5.75 Å². The number of piperidine rings is 1. The number of benzene rings is 1. The average Bonchev–Trinajstić information content (AvgIpc) is 2.55. The molecule has 0 spiro atoms. The highest BCUT2D eigenvalue weighted by atomic mass is 79.9. The number of nitrogens with zero attached hydrogens (tertiary/aromatic N) is 1. The zero-order valence-corrected chi connectivity index (χ0v) is 16.9. The Kier molecular flexibility index (Phi) is 8.00. The van der Waals surface area contributed by atoms with Gasteiger partial charge in [0.25, 0.3) is 0 Å². The standard InChI is InChI=1S/C17H23Br2NO4/c1-2-23-17(22)12-5-7-20(8-6-12)10-14(21)11-24-16-4-3-13(18)9-15(16)19/h3-4,9,12,14,21H,2,5-8,10-11H2,1H3. The van der Waals surface area contributed by atoms with Gasteiger partial charge < -0.3 is 19.5 Å². The van der Waals surface area contributed by atoms with Gasteiger partial charge in [0.2, 0.25) is 0 Å². The number of carbonyl (C=O) groups is 1. The lowest BCUT2D eigenvalue weighted by Gasteiger charge is -2.32. The number of rotatable bonds is 7. The zero-order valence-electron chi connectivity index (χ0n) is 13.7. The molecule has 0 aromatic heterocycles. The molecule has 1 atom stereocenters. The number of β-amino-alcohol motifs (C(OH)–C–C–N with tert-alkyl or cyclic N) is 1. The third-order valence-electron chi connectivity index (χ3n) is 4.00. The Morgan fingerprint density at radius 3 is 2.71 bits per heavy atom. The second-order valence-electron chi connectivity index (χ2n) is 5.87. The van der Waals surface area contributed by atoms with Crippen LogP contribution in [-0.4, -0.2) is 54.9 Å². The summed E-state index contributed by atoms with van der Waals surface area (Å²) < 4.78 is 12.5. The molecule has 0 bridgehead atoms. The molecule has 1 heterocycles. The van der Waals surface area contributed by atoms with Crippen LogP contribution in [0, 0.1) is 5.92 Å². The maximum Gasteiger partial charge on any atom is 0.309 e. The molecule has 0 saturated carbocycles. The predicted molar refractivity (Wildman–Crippen MR) is 99.1 cm³/mol. The van der Waals surface area contributed by atoms with Gasteiger partial charge in [0.15, 0.2) is 0 Å². The Balaban J connectivity index is 1.71. The Labute approximate surface area is 159 Å². The Morgan fingerprint density at radius 1 is 1.38 bits per heavy atom. The molecule has 7 heteroatoms. The monoisotopic (exact) mass is 463 g/mol. The van der Waals surface area contributed by atoms with Gasteiger partial charge in [-0.05, 0) is 67.0 Å². The summed E-state index contributed by atoms with van der Waals surface area (Å²) in [5, 5.41) is 10.2. The van der Waals surface area contributed by atoms with Crippen LogP contribution < -0.4 is 4.74 Å². The van der Waals surface area contributed by atoms with Crippen molar-refractivity contribution in [3.63, 3.8) is 0 Å². The minimum Gasteiger partial charge on any atom is -0.490 e. The minimum absolute atomic E-state index is 0.00619. The molecule has 1 aromatic carbocycles. The summed E-state index contributed by atoms with van der Waals surface area (Å²) in [7, 11) is 0. The lowest BCUT2D eigenvalue weighted by Crippen LogP contribution is -2.42. The number of hydrogen-bond donors (Lipinski definition) is 1. The van der Waals surface area contributed by atoms with E-state index >= 15 is 0 Å². The van der Waals surface area contributed by atoms with E-state index in [0.717, 1.165) is 34.9 Å². The highest BCUT2D eigenvalue weighted by molar-refractivity contribution is 9.11. The summed E-state index contributed by atoms with van der Waals surface area (Å²) >= 11 is 6.83. The molecular formula is C17H23Br2NO4. The Bertz CT molecular complexity index is 547. The second kappa shape index (κ2) is 9.75. The van der Waals surface area contributed by atoms with Crippen LogP contribution in [0.25, 0.3) is 0 Å². The second-order valence-corrected chi connectivity index (χ2v) is 7.64. The van der Waals surface area contributed by atoms with Gasteiger partial charge in [0.05, 0.1) is 17.0 Å². The molecule has 24 heavy (non-hydrogen) atoms. The van der Waals surface area contributed by atoms with Crippen LogP contribution >= 0.6 is 31.9 Å². The van der Waals surface area contributed by atoms with Crippen LogP contribution in [0.4, 0.5) is 0 Å². The van der Waals surface area contributed by atoms with Gasteiger partial charge in [0.1, 0.15) is 18.5 Å². The molecule has 1 aromatic rings. The minimum atomic E-state index is -0.570. The number of hydrogen-bond acceptors (Lipinski definition) is 5. The molecule has 2 rings (SSSR count). The van der Waals surface area contributed by atoms with Crippen LogP contribution in [0.15, 0.2) is 27.1 Å². The summed E-state index contributed by atoms with van der Waals surface area (Å²) in [4.78, 5) is 13.9. The fourth-order valence-electron chi connectivity index (χ4n) is 2.74. The summed E-state index contributed by atoms with van der Waals surface area (Å²) in [6.07, 6.45) is 0.995. The summed E-state index contributed by atoms with van der Waals surface area (Å²) in [5.41, 5.74) is 0. The van der Waals surface area contributed by atoms with Crippen LogP contribution in [0.5, 0.6) is 5.75 Å². The van der Waals surface area contributed by atoms with E-state index in [1.165, 1.54) is 0 Å². The van der Waals surface area contributed by atoms with Crippen molar-refractivity contribution >= 4 is 37.8 Å². The molecule has 0 radical (unpaired) electrons. The molecule has 0 amide bonds. The van der Waals surface area contributed by atoms with Crippen molar-refractivity contribution in [2.45, 2.75) is 25.9 Å². The predicted octanol–water partition coefficient (Wildman–Crippen LogP) is 3.23.